The molecule has 1 N–H and O–H groups in total. The van der Waals surface area contributed by atoms with Crippen molar-refractivity contribution >= 4 is 22.4 Å². The van der Waals surface area contributed by atoms with Crippen molar-refractivity contribution < 1.29 is 9.53 Å². The number of hydrogen-bond donors (Lipinski definition) is 1. The molecule has 1 aromatic heterocycles. The van der Waals surface area contributed by atoms with Gasteiger partial charge in [0.1, 0.15) is 11.1 Å². The molecule has 1 aliphatic carbocycles. The van der Waals surface area contributed by atoms with Crippen LogP contribution < -0.4 is 5.32 Å². The molecule has 0 spiro atoms. The summed E-state index contributed by atoms with van der Waals surface area (Å²) in [5, 5.41) is 12.7. The number of carbonyl (C=O) groups excluding carboxylic acids is 1. The number of anilines is 1. The highest BCUT2D eigenvalue weighted by Crippen LogP contribution is 2.42. The minimum absolute atomic E-state index is 0.477. The molecule has 22 heavy (non-hydrogen) atoms. The van der Waals surface area contributed by atoms with E-state index < -0.39 is 6.09 Å². The van der Waals surface area contributed by atoms with E-state index in [9.17, 15) is 10.1 Å². The van der Waals surface area contributed by atoms with Crippen molar-refractivity contribution in [2.24, 2.45) is 0 Å². The van der Waals surface area contributed by atoms with E-state index in [1.165, 1.54) is 28.9 Å². The Morgan fingerprint density at radius 1 is 1.41 bits per heavy atom. The number of methoxy groups -OCH3 is 1. The molecular weight excluding hydrogens is 296 g/mol. The summed E-state index contributed by atoms with van der Waals surface area (Å²) in [5.41, 5.74) is 3.02. The van der Waals surface area contributed by atoms with Gasteiger partial charge in [-0.1, -0.05) is 30.3 Å². The van der Waals surface area contributed by atoms with Gasteiger partial charge in [0.25, 0.3) is 0 Å². The summed E-state index contributed by atoms with van der Waals surface area (Å²) >= 11 is 1.49. The number of nitriles is 1. The van der Waals surface area contributed by atoms with Crippen molar-refractivity contribution in [2.75, 3.05) is 12.4 Å². The van der Waals surface area contributed by atoms with Crippen molar-refractivity contribution in [3.8, 4) is 6.07 Å². The predicted octanol–water partition coefficient (Wildman–Crippen LogP) is 4.07. The number of amides is 1. The zero-order valence-corrected chi connectivity index (χ0v) is 13.1. The van der Waals surface area contributed by atoms with Gasteiger partial charge in [-0.15, -0.1) is 11.3 Å². The number of hydrogen-bond acceptors (Lipinski definition) is 4. The lowest BCUT2D eigenvalue weighted by atomic mass is 9.83. The molecule has 1 amide bonds. The second kappa shape index (κ2) is 6.20. The third-order valence-electron chi connectivity index (χ3n) is 4.05. The quantitative estimate of drug-likeness (QED) is 0.909. The third kappa shape index (κ3) is 2.70. The summed E-state index contributed by atoms with van der Waals surface area (Å²) in [4.78, 5) is 12.6. The number of thiophene rings is 1. The molecule has 1 atom stereocenters. The van der Waals surface area contributed by atoms with Gasteiger partial charge in [-0.3, -0.25) is 5.32 Å². The zero-order valence-electron chi connectivity index (χ0n) is 12.3. The SMILES string of the molecule is COC(=O)Nc1sc2c(c1C#N)CC[C@H](c1ccccc1)C2. The van der Waals surface area contributed by atoms with E-state index in [0.29, 0.717) is 16.5 Å². The van der Waals surface area contributed by atoms with Gasteiger partial charge < -0.3 is 4.74 Å². The van der Waals surface area contributed by atoms with Crippen LogP contribution in [0.4, 0.5) is 9.80 Å². The molecule has 0 saturated heterocycles. The number of nitrogens with one attached hydrogen (secondary N) is 1. The second-order valence-electron chi connectivity index (χ2n) is 5.29. The molecule has 112 valence electrons. The molecule has 2 aromatic rings. The summed E-state index contributed by atoms with van der Waals surface area (Å²) in [6, 6.07) is 12.7. The Morgan fingerprint density at radius 3 is 2.86 bits per heavy atom. The monoisotopic (exact) mass is 312 g/mol. The Morgan fingerprint density at radius 2 is 2.18 bits per heavy atom. The van der Waals surface area contributed by atoms with Gasteiger partial charge >= 0.3 is 6.09 Å². The molecule has 5 heteroatoms. The first-order chi connectivity index (χ1) is 10.7. The Kier molecular flexibility index (Phi) is 4.12. The van der Waals surface area contributed by atoms with Gasteiger partial charge in [0.05, 0.1) is 12.7 Å². The van der Waals surface area contributed by atoms with Crippen molar-refractivity contribution in [2.45, 2.75) is 25.2 Å². The summed E-state index contributed by atoms with van der Waals surface area (Å²) < 4.78 is 4.62. The number of carbonyl (C=O) groups is 1. The van der Waals surface area contributed by atoms with Crippen LogP contribution in [0.3, 0.4) is 0 Å². The van der Waals surface area contributed by atoms with E-state index in [0.717, 1.165) is 24.8 Å². The minimum Gasteiger partial charge on any atom is -0.453 e. The van der Waals surface area contributed by atoms with E-state index in [1.54, 1.807) is 0 Å². The summed E-state index contributed by atoms with van der Waals surface area (Å²) in [6.07, 6.45) is 2.29. The number of rotatable bonds is 2. The molecule has 4 nitrogen and oxygen atoms in total. The van der Waals surface area contributed by atoms with E-state index >= 15 is 0 Å². The fourth-order valence-electron chi connectivity index (χ4n) is 2.95. The van der Waals surface area contributed by atoms with Crippen molar-refractivity contribution in [1.29, 1.82) is 5.26 Å². The summed E-state index contributed by atoms with van der Waals surface area (Å²) in [5.74, 6) is 0.477. The first kappa shape index (κ1) is 14.6. The lowest BCUT2D eigenvalue weighted by Crippen LogP contribution is -2.12. The van der Waals surface area contributed by atoms with E-state index in [4.69, 9.17) is 0 Å². The largest absolute Gasteiger partial charge is 0.453 e. The van der Waals surface area contributed by atoms with Crippen molar-refractivity contribution in [1.82, 2.24) is 0 Å². The maximum absolute atomic E-state index is 11.4. The maximum Gasteiger partial charge on any atom is 0.411 e. The molecule has 3 rings (SSSR count). The van der Waals surface area contributed by atoms with Gasteiger partial charge in [-0.05, 0) is 36.3 Å². The standard InChI is InChI=1S/C17H16N2O2S/c1-21-17(20)19-16-14(10-18)13-8-7-12(9-15(13)22-16)11-5-3-2-4-6-11/h2-6,12H,7-9H2,1H3,(H,19,20)/t12-/m0/s1. The van der Waals surface area contributed by atoms with Crippen LogP contribution in [0.25, 0.3) is 0 Å². The number of nitrogens with zero attached hydrogens (tertiary/aromatic N) is 1. The molecule has 0 bridgehead atoms. The fourth-order valence-corrected chi connectivity index (χ4v) is 4.21. The van der Waals surface area contributed by atoms with Gasteiger partial charge in [-0.2, -0.15) is 5.26 Å². The Hall–Kier alpha value is -2.32. The van der Waals surface area contributed by atoms with E-state index in [1.807, 2.05) is 6.07 Å². The van der Waals surface area contributed by atoms with Crippen molar-refractivity contribution in [3.05, 3.63) is 51.9 Å². The maximum atomic E-state index is 11.4. The first-order valence-corrected chi connectivity index (χ1v) is 7.99. The Labute approximate surface area is 133 Å². The smallest absolute Gasteiger partial charge is 0.411 e. The van der Waals surface area contributed by atoms with Gasteiger partial charge in [0.15, 0.2) is 0 Å². The molecule has 1 aliphatic rings. The average molecular weight is 312 g/mol. The zero-order chi connectivity index (χ0) is 15.5. The normalized spacial score (nSPS) is 16.5. The predicted molar refractivity (Wildman–Crippen MR) is 86.3 cm³/mol. The number of benzene rings is 1. The molecule has 0 fully saturated rings. The van der Waals surface area contributed by atoms with Crippen LogP contribution in [0.15, 0.2) is 30.3 Å². The van der Waals surface area contributed by atoms with Crippen LogP contribution in [-0.2, 0) is 17.6 Å². The summed E-state index contributed by atoms with van der Waals surface area (Å²) in [6.45, 7) is 0. The number of ether oxygens (including phenoxy) is 1. The van der Waals surface area contributed by atoms with Gasteiger partial charge in [0.2, 0.25) is 0 Å². The molecule has 1 aromatic carbocycles. The minimum atomic E-state index is -0.533. The highest BCUT2D eigenvalue weighted by molar-refractivity contribution is 7.16. The van der Waals surface area contributed by atoms with Crippen LogP contribution in [0.5, 0.6) is 0 Å². The van der Waals surface area contributed by atoms with Gasteiger partial charge in [0, 0.05) is 4.88 Å². The third-order valence-corrected chi connectivity index (χ3v) is 5.22. The van der Waals surface area contributed by atoms with Crippen LogP contribution in [0.1, 0.15) is 33.9 Å². The fraction of sp³-hybridized carbons (Fsp3) is 0.294. The lowest BCUT2D eigenvalue weighted by molar-refractivity contribution is 0.187. The van der Waals surface area contributed by atoms with Crippen LogP contribution in [-0.4, -0.2) is 13.2 Å². The van der Waals surface area contributed by atoms with E-state index in [-0.39, 0.29) is 0 Å². The van der Waals surface area contributed by atoms with Crippen molar-refractivity contribution in [3.63, 3.8) is 0 Å². The molecule has 0 saturated carbocycles. The number of fused-ring (bicyclic) bond motifs is 1. The molecule has 0 unspecified atom stereocenters. The first-order valence-electron chi connectivity index (χ1n) is 7.17. The Balaban J connectivity index is 1.89. The highest BCUT2D eigenvalue weighted by atomic mass is 32.1. The topological polar surface area (TPSA) is 62.1 Å². The summed E-state index contributed by atoms with van der Waals surface area (Å²) in [7, 11) is 1.32. The molecule has 0 aliphatic heterocycles. The molecule has 1 heterocycles. The second-order valence-corrected chi connectivity index (χ2v) is 6.39. The molecule has 0 radical (unpaired) electrons. The average Bonchev–Trinajstić information content (AvgIpc) is 2.91. The van der Waals surface area contributed by atoms with E-state index in [2.05, 4.69) is 40.4 Å². The van der Waals surface area contributed by atoms with Crippen LogP contribution >= 0.6 is 11.3 Å². The van der Waals surface area contributed by atoms with Crippen LogP contribution in [0, 0.1) is 11.3 Å². The van der Waals surface area contributed by atoms with Gasteiger partial charge in [-0.25, -0.2) is 4.79 Å². The highest BCUT2D eigenvalue weighted by Gasteiger charge is 2.27. The Bertz CT molecular complexity index is 731. The lowest BCUT2D eigenvalue weighted by Gasteiger charge is -2.22. The molecular formula is C17H16N2O2S. The van der Waals surface area contributed by atoms with Crippen LogP contribution in [0.2, 0.25) is 0 Å².